The number of guanidine groups is 1. The van der Waals surface area contributed by atoms with Crippen molar-refractivity contribution in [1.82, 2.24) is 10.2 Å². The Balaban J connectivity index is 0.00000338. The molecule has 2 unspecified atom stereocenters. The number of rotatable bonds is 6. The maximum Gasteiger partial charge on any atom is 0.189 e. The Morgan fingerprint density at radius 3 is 2.50 bits per heavy atom. The average molecular weight is 515 g/mol. The van der Waals surface area contributed by atoms with Gasteiger partial charge in [0.25, 0.3) is 0 Å². The minimum absolute atomic E-state index is 0. The van der Waals surface area contributed by atoms with E-state index in [2.05, 4.69) is 29.1 Å². The number of halogens is 3. The minimum Gasteiger partial charge on any atom is -0.379 e. The Morgan fingerprint density at radius 1 is 1.27 bits per heavy atom. The molecule has 0 saturated carbocycles. The van der Waals surface area contributed by atoms with Crippen molar-refractivity contribution in [3.63, 3.8) is 0 Å². The zero-order valence-corrected chi connectivity index (χ0v) is 19.4. The summed E-state index contributed by atoms with van der Waals surface area (Å²) >= 11 is 12.2. The van der Waals surface area contributed by atoms with E-state index in [9.17, 15) is 0 Å². The van der Waals surface area contributed by atoms with Crippen molar-refractivity contribution in [3.8, 4) is 0 Å². The Hall–Kier alpha value is -0.280. The van der Waals surface area contributed by atoms with E-state index >= 15 is 0 Å². The van der Waals surface area contributed by atoms with Crippen LogP contribution in [0, 0.1) is 5.92 Å². The third-order valence-electron chi connectivity index (χ3n) is 4.53. The van der Waals surface area contributed by atoms with E-state index in [4.69, 9.17) is 33.7 Å². The molecular weight excluding hydrogens is 486 g/mol. The van der Waals surface area contributed by atoms with Crippen molar-refractivity contribution in [1.29, 1.82) is 0 Å². The minimum atomic E-state index is -0.0468. The van der Waals surface area contributed by atoms with Gasteiger partial charge < -0.3 is 15.8 Å². The predicted octanol–water partition coefficient (Wildman–Crippen LogP) is 3.93. The van der Waals surface area contributed by atoms with Crippen molar-refractivity contribution in [3.05, 3.63) is 33.8 Å². The maximum absolute atomic E-state index is 6.25. The highest BCUT2D eigenvalue weighted by Crippen LogP contribution is 2.26. The Kier molecular flexibility index (Phi) is 10.5. The van der Waals surface area contributed by atoms with Gasteiger partial charge in [-0.25, -0.2) is 0 Å². The highest BCUT2D eigenvalue weighted by Gasteiger charge is 2.23. The van der Waals surface area contributed by atoms with E-state index in [1.807, 2.05) is 19.1 Å². The summed E-state index contributed by atoms with van der Waals surface area (Å²) in [6, 6.07) is 5.77. The van der Waals surface area contributed by atoms with E-state index in [0.29, 0.717) is 34.5 Å². The van der Waals surface area contributed by atoms with Gasteiger partial charge in [0.1, 0.15) is 0 Å². The lowest BCUT2D eigenvalue weighted by Gasteiger charge is -2.36. The summed E-state index contributed by atoms with van der Waals surface area (Å²) in [6.07, 6.45) is 0. The van der Waals surface area contributed by atoms with Crippen molar-refractivity contribution in [2.24, 2.45) is 16.6 Å². The van der Waals surface area contributed by atoms with Crippen LogP contribution in [0.3, 0.4) is 0 Å². The van der Waals surface area contributed by atoms with Gasteiger partial charge in [0.15, 0.2) is 5.96 Å². The molecule has 1 aliphatic heterocycles. The van der Waals surface area contributed by atoms with Crippen LogP contribution in [0.15, 0.2) is 23.2 Å². The fourth-order valence-corrected chi connectivity index (χ4v) is 3.62. The lowest BCUT2D eigenvalue weighted by Crippen LogP contribution is -2.48. The molecule has 1 fully saturated rings. The second kappa shape index (κ2) is 11.5. The van der Waals surface area contributed by atoms with Crippen LogP contribution in [0.1, 0.15) is 32.4 Å². The van der Waals surface area contributed by atoms with Crippen LogP contribution < -0.4 is 11.1 Å². The molecule has 0 aromatic heterocycles. The number of hydrogen-bond donors (Lipinski definition) is 2. The van der Waals surface area contributed by atoms with E-state index in [0.717, 1.165) is 31.9 Å². The number of nitrogens with two attached hydrogens (primary N) is 1. The number of ether oxygens (including phenoxy) is 1. The van der Waals surface area contributed by atoms with E-state index < -0.39 is 0 Å². The SMILES string of the molecule is CC(NC(N)=NCC(C(C)C)N1CCOCC1)c1ccc(Cl)cc1Cl.I. The van der Waals surface area contributed by atoms with E-state index in [1.165, 1.54) is 0 Å². The molecule has 0 amide bonds. The summed E-state index contributed by atoms with van der Waals surface area (Å²) in [5.74, 6) is 0.926. The van der Waals surface area contributed by atoms with Crippen molar-refractivity contribution in [2.45, 2.75) is 32.9 Å². The number of nitrogens with one attached hydrogen (secondary N) is 1. The molecule has 26 heavy (non-hydrogen) atoms. The van der Waals surface area contributed by atoms with Gasteiger partial charge >= 0.3 is 0 Å². The molecule has 1 saturated heterocycles. The van der Waals surface area contributed by atoms with Gasteiger partial charge in [0.05, 0.1) is 25.8 Å². The summed E-state index contributed by atoms with van der Waals surface area (Å²) in [7, 11) is 0. The van der Waals surface area contributed by atoms with Gasteiger partial charge in [-0.05, 0) is 30.5 Å². The molecule has 3 N–H and O–H groups in total. The fourth-order valence-electron chi connectivity index (χ4n) is 3.05. The normalized spacial score (nSPS) is 18.3. The van der Waals surface area contributed by atoms with Crippen LogP contribution in [0.4, 0.5) is 0 Å². The lowest BCUT2D eigenvalue weighted by atomic mass is 10.0. The smallest absolute Gasteiger partial charge is 0.189 e. The maximum atomic E-state index is 6.25. The summed E-state index contributed by atoms with van der Waals surface area (Å²) in [5.41, 5.74) is 7.04. The molecule has 0 spiro atoms. The topological polar surface area (TPSA) is 62.9 Å². The molecule has 2 rings (SSSR count). The van der Waals surface area contributed by atoms with Gasteiger partial charge in [-0.3, -0.25) is 9.89 Å². The van der Waals surface area contributed by atoms with Gasteiger partial charge in [-0.15, -0.1) is 24.0 Å². The van der Waals surface area contributed by atoms with Crippen molar-refractivity contribution >= 4 is 53.1 Å². The second-order valence-corrected chi connectivity index (χ2v) is 7.56. The monoisotopic (exact) mass is 514 g/mol. The first-order chi connectivity index (χ1) is 11.9. The second-order valence-electron chi connectivity index (χ2n) is 6.72. The standard InChI is InChI=1S/C18H28Cl2N4O.HI/c1-12(2)17(24-6-8-25-9-7-24)11-22-18(21)23-13(3)15-5-4-14(19)10-16(15)20;/h4-5,10,12-13,17H,6-9,11H2,1-3H3,(H3,21,22,23);1H. The molecule has 1 aromatic rings. The zero-order chi connectivity index (χ0) is 18.4. The number of nitrogens with zero attached hydrogens (tertiary/aromatic N) is 2. The van der Waals surface area contributed by atoms with Gasteiger partial charge in [-0.1, -0.05) is 43.1 Å². The van der Waals surface area contributed by atoms with Crippen LogP contribution in [0.25, 0.3) is 0 Å². The van der Waals surface area contributed by atoms with Crippen LogP contribution in [0.2, 0.25) is 10.0 Å². The molecule has 0 bridgehead atoms. The molecule has 0 radical (unpaired) electrons. The number of hydrogen-bond acceptors (Lipinski definition) is 3. The number of benzene rings is 1. The number of aliphatic imine (C=N–C) groups is 1. The van der Waals surface area contributed by atoms with Crippen LogP contribution in [-0.4, -0.2) is 49.7 Å². The molecule has 5 nitrogen and oxygen atoms in total. The Bertz CT molecular complexity index is 595. The molecular formula is C18H29Cl2IN4O. The van der Waals surface area contributed by atoms with Crippen molar-refractivity contribution in [2.75, 3.05) is 32.8 Å². The molecule has 1 heterocycles. The zero-order valence-electron chi connectivity index (χ0n) is 15.5. The van der Waals surface area contributed by atoms with E-state index in [-0.39, 0.29) is 30.0 Å². The summed E-state index contributed by atoms with van der Waals surface area (Å²) in [5, 5.41) is 4.45. The summed E-state index contributed by atoms with van der Waals surface area (Å²) in [4.78, 5) is 7.00. The third-order valence-corrected chi connectivity index (χ3v) is 5.09. The predicted molar refractivity (Wildman–Crippen MR) is 121 cm³/mol. The fraction of sp³-hybridized carbons (Fsp3) is 0.611. The molecule has 1 aromatic carbocycles. The molecule has 0 aliphatic carbocycles. The lowest BCUT2D eigenvalue weighted by molar-refractivity contribution is 0.00868. The highest BCUT2D eigenvalue weighted by atomic mass is 127. The quantitative estimate of drug-likeness (QED) is 0.343. The molecule has 148 valence electrons. The summed E-state index contributed by atoms with van der Waals surface area (Å²) in [6.45, 7) is 10.6. The Morgan fingerprint density at radius 2 is 1.92 bits per heavy atom. The average Bonchev–Trinajstić information content (AvgIpc) is 2.55. The molecule has 2 atom stereocenters. The molecule has 8 heteroatoms. The van der Waals surface area contributed by atoms with E-state index in [1.54, 1.807) is 6.07 Å². The van der Waals surface area contributed by atoms with Crippen LogP contribution in [-0.2, 0) is 4.74 Å². The Labute approximate surface area is 183 Å². The van der Waals surface area contributed by atoms with Gasteiger partial charge in [0, 0.05) is 29.2 Å². The van der Waals surface area contributed by atoms with Crippen LogP contribution >= 0.6 is 47.2 Å². The van der Waals surface area contributed by atoms with Crippen LogP contribution in [0.5, 0.6) is 0 Å². The van der Waals surface area contributed by atoms with Crippen molar-refractivity contribution < 1.29 is 4.74 Å². The number of morpholine rings is 1. The van der Waals surface area contributed by atoms with Gasteiger partial charge in [-0.2, -0.15) is 0 Å². The van der Waals surface area contributed by atoms with Gasteiger partial charge in [0.2, 0.25) is 0 Å². The highest BCUT2D eigenvalue weighted by molar-refractivity contribution is 14.0. The largest absolute Gasteiger partial charge is 0.379 e. The third kappa shape index (κ3) is 7.03. The first kappa shape index (κ1) is 23.8. The summed E-state index contributed by atoms with van der Waals surface area (Å²) < 4.78 is 5.44. The molecule has 1 aliphatic rings. The first-order valence-electron chi connectivity index (χ1n) is 8.71. The first-order valence-corrected chi connectivity index (χ1v) is 9.47.